The van der Waals surface area contributed by atoms with E-state index in [4.69, 9.17) is 0 Å². The van der Waals surface area contributed by atoms with Crippen molar-refractivity contribution in [2.75, 3.05) is 13.6 Å². The molecule has 2 nitrogen and oxygen atoms in total. The fraction of sp³-hybridized carbons (Fsp3) is 1.00. The Kier molecular flexibility index (Phi) is 4.61. The van der Waals surface area contributed by atoms with Gasteiger partial charge in [0.2, 0.25) is 0 Å². The van der Waals surface area contributed by atoms with Gasteiger partial charge >= 0.3 is 73.3 Å². The third-order valence-electron chi connectivity index (χ3n) is 0.955. The van der Waals surface area contributed by atoms with Crippen LogP contribution in [0.2, 0.25) is 0 Å². The quantitative estimate of drug-likeness (QED) is 0.761. The Morgan fingerprint density at radius 3 is 2.20 bits per heavy atom. The SMILES string of the molecule is CC[N](C)[Ta+2]=[N]C(C)(C)C. The molecule has 0 amide bonds. The van der Waals surface area contributed by atoms with Crippen molar-refractivity contribution in [2.45, 2.75) is 33.2 Å². The van der Waals surface area contributed by atoms with Crippen molar-refractivity contribution in [3.05, 3.63) is 0 Å². The van der Waals surface area contributed by atoms with E-state index in [0.29, 0.717) is 0 Å². The van der Waals surface area contributed by atoms with Gasteiger partial charge in [-0.15, -0.1) is 0 Å². The number of hydrogen-bond acceptors (Lipinski definition) is 1. The van der Waals surface area contributed by atoms with Crippen molar-refractivity contribution in [1.82, 2.24) is 3.30 Å². The summed E-state index contributed by atoms with van der Waals surface area (Å²) in [6, 6.07) is 0. The van der Waals surface area contributed by atoms with Crippen LogP contribution in [-0.2, 0) is 19.8 Å². The Balaban J connectivity index is 3.75. The van der Waals surface area contributed by atoms with Gasteiger partial charge in [-0.25, -0.2) is 0 Å². The molecule has 0 aromatic carbocycles. The van der Waals surface area contributed by atoms with Crippen LogP contribution in [0.15, 0.2) is 3.34 Å². The Morgan fingerprint density at radius 2 is 1.90 bits per heavy atom. The van der Waals surface area contributed by atoms with Gasteiger partial charge in [-0.1, -0.05) is 0 Å². The Hall–Kier alpha value is 0.500. The normalized spacial score (nSPS) is 12.6. The predicted octanol–water partition coefficient (Wildman–Crippen LogP) is 1.92. The van der Waals surface area contributed by atoms with Gasteiger partial charge in [0.1, 0.15) is 0 Å². The second-order valence-corrected chi connectivity index (χ2v) is 7.15. The fourth-order valence-corrected chi connectivity index (χ4v) is 2.24. The van der Waals surface area contributed by atoms with Gasteiger partial charge in [-0.05, 0) is 0 Å². The van der Waals surface area contributed by atoms with Gasteiger partial charge in [-0.3, -0.25) is 0 Å². The molecule has 0 aliphatic heterocycles. The molecule has 0 aromatic heterocycles. The van der Waals surface area contributed by atoms with Crippen LogP contribution >= 0.6 is 0 Å². The summed E-state index contributed by atoms with van der Waals surface area (Å²) >= 11 is -0.657. The molecule has 0 saturated heterocycles. The van der Waals surface area contributed by atoms with E-state index >= 15 is 0 Å². The van der Waals surface area contributed by atoms with Gasteiger partial charge in [0.25, 0.3) is 0 Å². The third kappa shape index (κ3) is 6.62. The fourth-order valence-electron chi connectivity index (χ4n) is 0.274. The molecule has 0 aliphatic rings. The summed E-state index contributed by atoms with van der Waals surface area (Å²) in [6.07, 6.45) is 0. The summed E-state index contributed by atoms with van der Waals surface area (Å²) in [5.74, 6) is 0. The average molecular weight is 310 g/mol. The number of rotatable bonds is 2. The molecule has 0 heterocycles. The summed E-state index contributed by atoms with van der Waals surface area (Å²) in [5.41, 5.74) is 0.195. The van der Waals surface area contributed by atoms with Crippen molar-refractivity contribution in [1.29, 1.82) is 0 Å². The molecule has 0 atom stereocenters. The van der Waals surface area contributed by atoms with Gasteiger partial charge in [0, 0.05) is 0 Å². The maximum absolute atomic E-state index is 4.63. The summed E-state index contributed by atoms with van der Waals surface area (Å²) in [5, 5.41) is 0. The van der Waals surface area contributed by atoms with Gasteiger partial charge in [0.05, 0.1) is 0 Å². The molecule has 0 aromatic rings. The van der Waals surface area contributed by atoms with Crippen molar-refractivity contribution in [3.63, 3.8) is 0 Å². The van der Waals surface area contributed by atoms with Crippen LogP contribution in [0.5, 0.6) is 0 Å². The Labute approximate surface area is 73.5 Å². The monoisotopic (exact) mass is 310 g/mol. The summed E-state index contributed by atoms with van der Waals surface area (Å²) in [7, 11) is 2.16. The summed E-state index contributed by atoms with van der Waals surface area (Å²) < 4.78 is 7.00. The topological polar surface area (TPSA) is 15.6 Å². The van der Waals surface area contributed by atoms with Crippen LogP contribution in [0.3, 0.4) is 0 Å². The molecular formula is C7H17N2Ta+2. The zero-order chi connectivity index (χ0) is 8.20. The summed E-state index contributed by atoms with van der Waals surface area (Å²) in [4.78, 5) is 0. The van der Waals surface area contributed by atoms with E-state index in [1.807, 2.05) is 0 Å². The van der Waals surface area contributed by atoms with Crippen LogP contribution < -0.4 is 0 Å². The zero-order valence-electron chi connectivity index (χ0n) is 7.55. The number of hydrogen-bond donors (Lipinski definition) is 0. The first-order valence-corrected chi connectivity index (χ1v) is 6.47. The predicted molar refractivity (Wildman–Crippen MR) is 40.5 cm³/mol. The minimum absolute atomic E-state index is 0.195. The third-order valence-corrected chi connectivity index (χ3v) is 5.55. The Morgan fingerprint density at radius 1 is 1.40 bits per heavy atom. The van der Waals surface area contributed by atoms with Crippen LogP contribution in [-0.4, -0.2) is 22.4 Å². The molecule has 0 aliphatic carbocycles. The zero-order valence-corrected chi connectivity index (χ0v) is 10.8. The van der Waals surface area contributed by atoms with Crippen molar-refractivity contribution in [3.8, 4) is 0 Å². The van der Waals surface area contributed by atoms with Gasteiger partial charge in [-0.2, -0.15) is 0 Å². The molecule has 3 heteroatoms. The molecule has 0 spiro atoms. The van der Waals surface area contributed by atoms with Gasteiger partial charge in [0.15, 0.2) is 0 Å². The molecule has 58 valence electrons. The standard InChI is InChI=1S/C4H9N.C3H8N.Ta/c1-4(2,3)5;1-3-4-2;/h1-3H3;3H2,1-2H3;/q;-1;+3. The van der Waals surface area contributed by atoms with Crippen molar-refractivity contribution in [2.24, 2.45) is 3.34 Å². The van der Waals surface area contributed by atoms with Crippen LogP contribution in [0.25, 0.3) is 0 Å². The summed E-state index contributed by atoms with van der Waals surface area (Å²) in [6.45, 7) is 9.83. The Bertz CT molecular complexity index is 115. The van der Waals surface area contributed by atoms with E-state index in [1.54, 1.807) is 0 Å². The van der Waals surface area contributed by atoms with E-state index in [2.05, 4.69) is 41.4 Å². The number of nitrogens with zero attached hydrogens (tertiary/aromatic N) is 2. The first kappa shape index (κ1) is 10.5. The maximum atomic E-state index is 4.63. The van der Waals surface area contributed by atoms with Crippen molar-refractivity contribution >= 4 is 0 Å². The molecule has 0 N–H and O–H groups in total. The molecule has 0 radical (unpaired) electrons. The molecule has 10 heavy (non-hydrogen) atoms. The second-order valence-electron chi connectivity index (χ2n) is 3.33. The molecule has 0 saturated carbocycles. The van der Waals surface area contributed by atoms with Crippen LogP contribution in [0, 0.1) is 0 Å². The van der Waals surface area contributed by atoms with E-state index in [9.17, 15) is 0 Å². The molecule has 0 unspecified atom stereocenters. The van der Waals surface area contributed by atoms with E-state index in [1.165, 1.54) is 0 Å². The van der Waals surface area contributed by atoms with E-state index in [-0.39, 0.29) is 5.54 Å². The van der Waals surface area contributed by atoms with Crippen LogP contribution in [0.1, 0.15) is 27.7 Å². The molecule has 0 bridgehead atoms. The van der Waals surface area contributed by atoms with Crippen molar-refractivity contribution < 1.29 is 19.8 Å². The molecule has 0 rings (SSSR count). The minimum atomic E-state index is -0.657. The molecular weight excluding hydrogens is 293 g/mol. The van der Waals surface area contributed by atoms with E-state index < -0.39 is 19.8 Å². The van der Waals surface area contributed by atoms with E-state index in [0.717, 1.165) is 6.54 Å². The first-order valence-electron chi connectivity index (χ1n) is 3.59. The second kappa shape index (κ2) is 4.39. The average Bonchev–Trinajstić information content (AvgIpc) is 1.81. The van der Waals surface area contributed by atoms with Gasteiger partial charge < -0.3 is 0 Å². The first-order chi connectivity index (χ1) is 4.45. The molecule has 0 fully saturated rings. The van der Waals surface area contributed by atoms with Crippen LogP contribution in [0.4, 0.5) is 0 Å².